The Labute approximate surface area is 256 Å². The molecular weight excluding hydrogens is 562 g/mol. The second-order valence-corrected chi connectivity index (χ2v) is 13.1. The van der Waals surface area contributed by atoms with E-state index in [9.17, 15) is 18.0 Å². The second-order valence-electron chi connectivity index (χ2n) is 11.3. The Morgan fingerprint density at radius 3 is 2.21 bits per heavy atom. The molecule has 2 amide bonds. The SMILES string of the molecule is CCC(C(=O)NC1CCCCC1)N(Cc1ccccc1)C(=O)CN(c1cc(C)ccc1OC)S(=O)(=O)c1ccc(C)cc1. The lowest BCUT2D eigenvalue weighted by Crippen LogP contribution is -2.54. The van der Waals surface area contributed by atoms with Crippen LogP contribution in [0.2, 0.25) is 0 Å². The minimum Gasteiger partial charge on any atom is -0.495 e. The van der Waals surface area contributed by atoms with Crippen molar-refractivity contribution in [3.8, 4) is 5.75 Å². The smallest absolute Gasteiger partial charge is 0.264 e. The Hall–Kier alpha value is -3.85. The fourth-order valence-corrected chi connectivity index (χ4v) is 7.01. The van der Waals surface area contributed by atoms with Crippen molar-refractivity contribution in [2.75, 3.05) is 18.0 Å². The number of sulfonamides is 1. The molecule has 0 aromatic heterocycles. The lowest BCUT2D eigenvalue weighted by molar-refractivity contribution is -0.140. The summed E-state index contributed by atoms with van der Waals surface area (Å²) in [6.45, 7) is 5.27. The van der Waals surface area contributed by atoms with Crippen molar-refractivity contribution in [3.63, 3.8) is 0 Å². The summed E-state index contributed by atoms with van der Waals surface area (Å²) in [6, 6.07) is 20.5. The van der Waals surface area contributed by atoms with E-state index in [-0.39, 0.29) is 29.1 Å². The Morgan fingerprint density at radius 1 is 0.930 bits per heavy atom. The Kier molecular flexibility index (Phi) is 10.9. The number of aryl methyl sites for hydroxylation is 2. The van der Waals surface area contributed by atoms with Crippen LogP contribution in [-0.2, 0) is 26.2 Å². The number of amides is 2. The molecule has 1 N–H and O–H groups in total. The molecule has 0 aliphatic heterocycles. The normalized spacial score (nSPS) is 14.5. The van der Waals surface area contributed by atoms with Gasteiger partial charge in [-0.15, -0.1) is 0 Å². The number of rotatable bonds is 12. The molecule has 1 aliphatic carbocycles. The van der Waals surface area contributed by atoms with Crippen LogP contribution in [-0.4, -0.2) is 50.9 Å². The van der Waals surface area contributed by atoms with Gasteiger partial charge in [-0.25, -0.2) is 8.42 Å². The molecule has 0 radical (unpaired) electrons. The van der Waals surface area contributed by atoms with Crippen LogP contribution < -0.4 is 14.4 Å². The zero-order valence-corrected chi connectivity index (χ0v) is 26.4. The zero-order chi connectivity index (χ0) is 31.0. The number of benzene rings is 3. The Morgan fingerprint density at radius 2 is 1.58 bits per heavy atom. The molecule has 0 saturated heterocycles. The number of methoxy groups -OCH3 is 1. The maximum absolute atomic E-state index is 14.3. The topological polar surface area (TPSA) is 96.0 Å². The van der Waals surface area contributed by atoms with Crippen molar-refractivity contribution in [1.82, 2.24) is 10.2 Å². The molecule has 9 heteroatoms. The van der Waals surface area contributed by atoms with Crippen LogP contribution in [0, 0.1) is 13.8 Å². The minimum absolute atomic E-state index is 0.0613. The van der Waals surface area contributed by atoms with Crippen LogP contribution in [0.1, 0.15) is 62.1 Å². The average Bonchev–Trinajstić information content (AvgIpc) is 3.00. The van der Waals surface area contributed by atoms with E-state index in [0.29, 0.717) is 12.2 Å². The molecule has 4 rings (SSSR count). The molecule has 3 aromatic carbocycles. The molecule has 1 saturated carbocycles. The highest BCUT2D eigenvalue weighted by molar-refractivity contribution is 7.92. The molecule has 1 atom stereocenters. The van der Waals surface area contributed by atoms with Crippen LogP contribution in [0.3, 0.4) is 0 Å². The molecule has 1 fully saturated rings. The van der Waals surface area contributed by atoms with Gasteiger partial charge in [0.2, 0.25) is 11.8 Å². The standard InChI is InChI=1S/C34H43N3O5S/c1-5-30(34(39)35-28-14-10-7-11-15-28)36(23-27-12-8-6-9-13-27)33(38)24-37(31-22-26(3)18-21-32(31)42-4)43(40,41)29-19-16-25(2)17-20-29/h6,8-9,12-13,16-22,28,30H,5,7,10-11,14-15,23-24H2,1-4H3,(H,35,39). The van der Waals surface area contributed by atoms with Gasteiger partial charge in [0.15, 0.2) is 0 Å². The monoisotopic (exact) mass is 605 g/mol. The van der Waals surface area contributed by atoms with Crippen molar-refractivity contribution >= 4 is 27.5 Å². The van der Waals surface area contributed by atoms with E-state index in [1.165, 1.54) is 12.0 Å². The fraction of sp³-hybridized carbons (Fsp3) is 0.412. The molecule has 0 bridgehead atoms. The van der Waals surface area contributed by atoms with Crippen LogP contribution in [0.5, 0.6) is 5.75 Å². The van der Waals surface area contributed by atoms with E-state index in [4.69, 9.17) is 4.74 Å². The lowest BCUT2D eigenvalue weighted by atomic mass is 9.95. The van der Waals surface area contributed by atoms with Gasteiger partial charge in [0.1, 0.15) is 18.3 Å². The van der Waals surface area contributed by atoms with Crippen LogP contribution in [0.4, 0.5) is 5.69 Å². The Balaban J connectivity index is 1.74. The third kappa shape index (κ3) is 7.96. The lowest BCUT2D eigenvalue weighted by Gasteiger charge is -2.34. The number of ether oxygens (including phenoxy) is 1. The number of anilines is 1. The summed E-state index contributed by atoms with van der Waals surface area (Å²) in [7, 11) is -2.72. The number of nitrogens with zero attached hydrogens (tertiary/aromatic N) is 2. The van der Waals surface area contributed by atoms with Crippen molar-refractivity contribution in [2.24, 2.45) is 0 Å². The number of hydrogen-bond acceptors (Lipinski definition) is 5. The van der Waals surface area contributed by atoms with E-state index >= 15 is 0 Å². The first kappa shape index (κ1) is 32.1. The quantitative estimate of drug-likeness (QED) is 0.283. The van der Waals surface area contributed by atoms with Crippen LogP contribution >= 0.6 is 0 Å². The second kappa shape index (κ2) is 14.6. The number of hydrogen-bond donors (Lipinski definition) is 1. The molecular formula is C34H43N3O5S. The first-order chi connectivity index (χ1) is 20.6. The fourth-order valence-electron chi connectivity index (χ4n) is 5.59. The van der Waals surface area contributed by atoms with E-state index < -0.39 is 28.5 Å². The molecule has 8 nitrogen and oxygen atoms in total. The number of carbonyl (C=O) groups excluding carboxylic acids is 2. The highest BCUT2D eigenvalue weighted by atomic mass is 32.2. The molecule has 0 spiro atoms. The summed E-state index contributed by atoms with van der Waals surface area (Å²) in [5.74, 6) is -0.362. The largest absolute Gasteiger partial charge is 0.495 e. The predicted molar refractivity (Wildman–Crippen MR) is 170 cm³/mol. The van der Waals surface area contributed by atoms with Crippen molar-refractivity contribution in [1.29, 1.82) is 0 Å². The highest BCUT2D eigenvalue weighted by Crippen LogP contribution is 2.34. The predicted octanol–water partition coefficient (Wildman–Crippen LogP) is 5.76. The third-order valence-corrected chi connectivity index (χ3v) is 9.80. The Bertz CT molecular complexity index is 1490. The molecule has 3 aromatic rings. The van der Waals surface area contributed by atoms with Gasteiger partial charge in [-0.3, -0.25) is 13.9 Å². The molecule has 1 unspecified atom stereocenters. The minimum atomic E-state index is -4.19. The first-order valence-corrected chi connectivity index (χ1v) is 16.5. The van der Waals surface area contributed by atoms with Gasteiger partial charge >= 0.3 is 0 Å². The molecule has 230 valence electrons. The van der Waals surface area contributed by atoms with Gasteiger partial charge in [0.25, 0.3) is 10.0 Å². The number of nitrogens with one attached hydrogen (secondary N) is 1. The summed E-state index contributed by atoms with van der Waals surface area (Å²) in [5.41, 5.74) is 2.84. The van der Waals surface area contributed by atoms with E-state index in [1.807, 2.05) is 57.2 Å². The van der Waals surface area contributed by atoms with E-state index in [1.54, 1.807) is 36.4 Å². The molecule has 1 aliphatic rings. The van der Waals surface area contributed by atoms with Crippen molar-refractivity contribution in [3.05, 3.63) is 89.5 Å². The van der Waals surface area contributed by atoms with Gasteiger partial charge < -0.3 is 15.0 Å². The maximum Gasteiger partial charge on any atom is 0.264 e. The van der Waals surface area contributed by atoms with Gasteiger partial charge in [-0.1, -0.05) is 80.3 Å². The zero-order valence-electron chi connectivity index (χ0n) is 25.6. The molecule has 43 heavy (non-hydrogen) atoms. The average molecular weight is 606 g/mol. The number of carbonyl (C=O) groups is 2. The van der Waals surface area contributed by atoms with Crippen LogP contribution in [0.25, 0.3) is 0 Å². The van der Waals surface area contributed by atoms with E-state index in [0.717, 1.165) is 53.1 Å². The summed E-state index contributed by atoms with van der Waals surface area (Å²) in [6.07, 6.45) is 5.53. The van der Waals surface area contributed by atoms with Gasteiger partial charge in [0, 0.05) is 12.6 Å². The first-order valence-electron chi connectivity index (χ1n) is 15.0. The molecule has 0 heterocycles. The summed E-state index contributed by atoms with van der Waals surface area (Å²) >= 11 is 0. The van der Waals surface area contributed by atoms with E-state index in [2.05, 4.69) is 5.32 Å². The van der Waals surface area contributed by atoms with Gasteiger partial charge in [0.05, 0.1) is 17.7 Å². The van der Waals surface area contributed by atoms with Gasteiger partial charge in [-0.2, -0.15) is 0 Å². The van der Waals surface area contributed by atoms with Gasteiger partial charge in [-0.05, 0) is 68.5 Å². The highest BCUT2D eigenvalue weighted by Gasteiger charge is 2.35. The maximum atomic E-state index is 14.3. The van der Waals surface area contributed by atoms with Crippen molar-refractivity contribution in [2.45, 2.75) is 82.8 Å². The summed E-state index contributed by atoms with van der Waals surface area (Å²) < 4.78 is 35.1. The third-order valence-electron chi connectivity index (χ3n) is 8.02. The van der Waals surface area contributed by atoms with Crippen molar-refractivity contribution < 1.29 is 22.7 Å². The summed E-state index contributed by atoms with van der Waals surface area (Å²) in [4.78, 5) is 29.6. The van der Waals surface area contributed by atoms with Crippen LogP contribution in [0.15, 0.2) is 77.7 Å². The summed E-state index contributed by atoms with van der Waals surface area (Å²) in [5, 5.41) is 3.18.